The van der Waals surface area contributed by atoms with E-state index < -0.39 is 5.60 Å². The monoisotopic (exact) mass is 236 g/mol. The zero-order valence-electron chi connectivity index (χ0n) is 10.9. The number of carbonyl (C=O) groups is 1. The molecule has 3 nitrogen and oxygen atoms in total. The van der Waals surface area contributed by atoms with Gasteiger partial charge in [0, 0.05) is 6.42 Å². The van der Waals surface area contributed by atoms with Crippen LogP contribution in [0.15, 0.2) is 24.3 Å². The van der Waals surface area contributed by atoms with Gasteiger partial charge in [-0.05, 0) is 52.0 Å². The van der Waals surface area contributed by atoms with E-state index in [4.69, 9.17) is 9.47 Å². The van der Waals surface area contributed by atoms with Gasteiger partial charge in [-0.2, -0.15) is 0 Å². The summed E-state index contributed by atoms with van der Waals surface area (Å²) in [4.78, 5) is 11.1. The normalized spacial score (nSPS) is 11.1. The van der Waals surface area contributed by atoms with Gasteiger partial charge in [0.15, 0.2) is 0 Å². The Hall–Kier alpha value is -1.51. The minimum absolute atomic E-state index is 0.126. The number of hydrogen-bond acceptors (Lipinski definition) is 3. The highest BCUT2D eigenvalue weighted by Crippen LogP contribution is 2.23. The fourth-order valence-electron chi connectivity index (χ4n) is 1.73. The molecular weight excluding hydrogens is 216 g/mol. The van der Waals surface area contributed by atoms with Crippen LogP contribution in [0.2, 0.25) is 0 Å². The molecule has 0 radical (unpaired) electrons. The molecular formula is C14H20O3. The van der Waals surface area contributed by atoms with Gasteiger partial charge in [0.1, 0.15) is 22.9 Å². The molecule has 17 heavy (non-hydrogen) atoms. The molecule has 0 aliphatic rings. The average Bonchev–Trinajstić information content (AvgIpc) is 2.18. The van der Waals surface area contributed by atoms with Gasteiger partial charge in [0.05, 0.1) is 6.61 Å². The Morgan fingerprint density at radius 2 is 1.71 bits per heavy atom. The molecule has 0 aliphatic carbocycles. The molecule has 0 heterocycles. The Kier molecular flexibility index (Phi) is 4.55. The summed E-state index contributed by atoms with van der Waals surface area (Å²) in [6.45, 7) is 7.98. The first-order chi connectivity index (χ1) is 7.93. The van der Waals surface area contributed by atoms with Gasteiger partial charge in [-0.3, -0.25) is 4.79 Å². The van der Waals surface area contributed by atoms with Crippen LogP contribution in [-0.2, 0) is 4.79 Å². The van der Waals surface area contributed by atoms with Crippen LogP contribution >= 0.6 is 0 Å². The van der Waals surface area contributed by atoms with Gasteiger partial charge >= 0.3 is 0 Å². The van der Waals surface area contributed by atoms with Gasteiger partial charge in [-0.25, -0.2) is 0 Å². The minimum Gasteiger partial charge on any atom is -0.494 e. The summed E-state index contributed by atoms with van der Waals surface area (Å²) in [6, 6.07) is 7.44. The second kappa shape index (κ2) is 5.71. The Bertz CT molecular complexity index is 366. The van der Waals surface area contributed by atoms with E-state index in [0.717, 1.165) is 11.5 Å². The second-order valence-corrected chi connectivity index (χ2v) is 4.64. The first-order valence-corrected chi connectivity index (χ1v) is 5.84. The maximum Gasteiger partial charge on any atom is 0.133 e. The van der Waals surface area contributed by atoms with E-state index in [1.807, 2.05) is 45.0 Å². The summed E-state index contributed by atoms with van der Waals surface area (Å²) in [7, 11) is 0. The van der Waals surface area contributed by atoms with E-state index in [0.29, 0.717) is 13.0 Å². The summed E-state index contributed by atoms with van der Waals surface area (Å²) < 4.78 is 11.1. The lowest BCUT2D eigenvalue weighted by atomic mass is 10.0. The van der Waals surface area contributed by atoms with E-state index in [1.54, 1.807) is 6.92 Å². The predicted octanol–water partition coefficient (Wildman–Crippen LogP) is 3.22. The van der Waals surface area contributed by atoms with Crippen molar-refractivity contribution in [1.82, 2.24) is 0 Å². The zero-order chi connectivity index (χ0) is 12.9. The van der Waals surface area contributed by atoms with E-state index in [1.165, 1.54) is 0 Å². The largest absolute Gasteiger partial charge is 0.494 e. The molecule has 0 amide bonds. The number of ketones is 1. The van der Waals surface area contributed by atoms with Gasteiger partial charge in [-0.1, -0.05) is 0 Å². The smallest absolute Gasteiger partial charge is 0.133 e. The topological polar surface area (TPSA) is 35.5 Å². The lowest BCUT2D eigenvalue weighted by Crippen LogP contribution is -2.30. The second-order valence-electron chi connectivity index (χ2n) is 4.64. The number of ether oxygens (including phenoxy) is 2. The highest BCUT2D eigenvalue weighted by atomic mass is 16.5. The quantitative estimate of drug-likeness (QED) is 0.760. The number of carbonyl (C=O) groups excluding carboxylic acids is 1. The lowest BCUT2D eigenvalue weighted by molar-refractivity contribution is -0.120. The van der Waals surface area contributed by atoms with E-state index in [2.05, 4.69) is 0 Å². The van der Waals surface area contributed by atoms with Crippen molar-refractivity contribution in [3.8, 4) is 11.5 Å². The minimum atomic E-state index is -0.473. The van der Waals surface area contributed by atoms with Crippen LogP contribution in [0.5, 0.6) is 11.5 Å². The van der Waals surface area contributed by atoms with Crippen molar-refractivity contribution in [2.45, 2.75) is 39.7 Å². The first-order valence-electron chi connectivity index (χ1n) is 5.84. The Morgan fingerprint density at radius 1 is 1.18 bits per heavy atom. The maximum absolute atomic E-state index is 11.1. The van der Waals surface area contributed by atoms with Crippen LogP contribution in [0.4, 0.5) is 0 Å². The fourth-order valence-corrected chi connectivity index (χ4v) is 1.73. The molecule has 0 spiro atoms. The zero-order valence-corrected chi connectivity index (χ0v) is 10.9. The van der Waals surface area contributed by atoms with Crippen molar-refractivity contribution >= 4 is 5.78 Å². The third-order valence-corrected chi connectivity index (χ3v) is 2.20. The lowest BCUT2D eigenvalue weighted by Gasteiger charge is -2.25. The first kappa shape index (κ1) is 13.6. The molecule has 0 N–H and O–H groups in total. The predicted molar refractivity (Wildman–Crippen MR) is 67.6 cm³/mol. The van der Waals surface area contributed by atoms with E-state index in [-0.39, 0.29) is 5.78 Å². The van der Waals surface area contributed by atoms with Gasteiger partial charge in [0.25, 0.3) is 0 Å². The molecule has 0 fully saturated rings. The van der Waals surface area contributed by atoms with Crippen molar-refractivity contribution in [1.29, 1.82) is 0 Å². The van der Waals surface area contributed by atoms with Crippen LogP contribution in [0.3, 0.4) is 0 Å². The van der Waals surface area contributed by atoms with Crippen LogP contribution in [0.1, 0.15) is 34.1 Å². The van der Waals surface area contributed by atoms with Gasteiger partial charge in [-0.15, -0.1) is 0 Å². The fraction of sp³-hybridized carbons (Fsp3) is 0.500. The van der Waals surface area contributed by atoms with Crippen LogP contribution in [0, 0.1) is 0 Å². The van der Waals surface area contributed by atoms with Crippen LogP contribution < -0.4 is 9.47 Å². The summed E-state index contributed by atoms with van der Waals surface area (Å²) in [5.74, 6) is 1.70. The summed E-state index contributed by atoms with van der Waals surface area (Å²) in [5.41, 5.74) is -0.473. The molecule has 0 unspecified atom stereocenters. The molecule has 0 aliphatic heterocycles. The highest BCUT2D eigenvalue weighted by molar-refractivity contribution is 5.76. The molecule has 1 rings (SSSR count). The number of Topliss-reactive ketones (excluding diaryl/α,β-unsaturated/α-hetero) is 1. The number of rotatable bonds is 6. The summed E-state index contributed by atoms with van der Waals surface area (Å²) in [6.07, 6.45) is 0.403. The standard InChI is InChI=1S/C14H20O3/c1-5-16-12-6-8-13(9-7-12)17-14(3,4)10-11(2)15/h6-9H,5,10H2,1-4H3. The van der Waals surface area contributed by atoms with Crippen molar-refractivity contribution in [3.05, 3.63) is 24.3 Å². The van der Waals surface area contributed by atoms with Crippen molar-refractivity contribution in [2.75, 3.05) is 6.61 Å². The highest BCUT2D eigenvalue weighted by Gasteiger charge is 2.21. The van der Waals surface area contributed by atoms with Crippen molar-refractivity contribution in [2.24, 2.45) is 0 Å². The average molecular weight is 236 g/mol. The molecule has 3 heteroatoms. The van der Waals surface area contributed by atoms with E-state index >= 15 is 0 Å². The van der Waals surface area contributed by atoms with Gasteiger partial charge in [0.2, 0.25) is 0 Å². The SMILES string of the molecule is CCOc1ccc(OC(C)(C)CC(C)=O)cc1. The van der Waals surface area contributed by atoms with Crippen molar-refractivity contribution in [3.63, 3.8) is 0 Å². The molecule has 0 saturated heterocycles. The summed E-state index contributed by atoms with van der Waals surface area (Å²) >= 11 is 0. The molecule has 1 aromatic carbocycles. The Labute approximate surface area is 103 Å². The molecule has 94 valence electrons. The molecule has 0 atom stereocenters. The third-order valence-electron chi connectivity index (χ3n) is 2.20. The molecule has 0 saturated carbocycles. The Balaban J connectivity index is 2.65. The van der Waals surface area contributed by atoms with Gasteiger partial charge < -0.3 is 9.47 Å². The van der Waals surface area contributed by atoms with Crippen LogP contribution in [0.25, 0.3) is 0 Å². The maximum atomic E-state index is 11.1. The number of benzene rings is 1. The molecule has 0 bridgehead atoms. The van der Waals surface area contributed by atoms with Crippen molar-refractivity contribution < 1.29 is 14.3 Å². The third kappa shape index (κ3) is 4.89. The molecule has 0 aromatic heterocycles. The Morgan fingerprint density at radius 3 is 2.18 bits per heavy atom. The van der Waals surface area contributed by atoms with Crippen LogP contribution in [-0.4, -0.2) is 18.0 Å². The van der Waals surface area contributed by atoms with E-state index in [9.17, 15) is 4.79 Å². The molecule has 1 aromatic rings. The summed E-state index contributed by atoms with van der Waals surface area (Å²) in [5, 5.41) is 0. The number of hydrogen-bond donors (Lipinski definition) is 0.